The second-order valence-electron chi connectivity index (χ2n) is 6.61. The number of rotatable bonds is 6. The Kier molecular flexibility index (Phi) is 4.23. The van der Waals surface area contributed by atoms with Crippen LogP contribution in [0.25, 0.3) is 0 Å². The summed E-state index contributed by atoms with van der Waals surface area (Å²) in [5, 5.41) is 18.2. The fourth-order valence-corrected chi connectivity index (χ4v) is 2.84. The highest BCUT2D eigenvalue weighted by Crippen LogP contribution is 2.43. The molecule has 0 saturated heterocycles. The maximum atomic E-state index is 10.6. The number of hydrogen-bond acceptors (Lipinski definition) is 4. The van der Waals surface area contributed by atoms with Gasteiger partial charge in [0.05, 0.1) is 12.3 Å². The normalized spacial score (nSPS) is 27.9. The summed E-state index contributed by atoms with van der Waals surface area (Å²) in [6, 6.07) is 0.377. The summed E-state index contributed by atoms with van der Waals surface area (Å²) >= 11 is 0. The molecule has 5 nitrogen and oxygen atoms in total. The molecule has 0 aliphatic heterocycles. The molecule has 0 aromatic carbocycles. The molecule has 1 aliphatic carbocycles. The summed E-state index contributed by atoms with van der Waals surface area (Å²) in [6.07, 6.45) is 4.89. The third-order valence-electron chi connectivity index (χ3n) is 4.57. The van der Waals surface area contributed by atoms with E-state index in [1.807, 2.05) is 27.1 Å². The van der Waals surface area contributed by atoms with E-state index in [9.17, 15) is 5.11 Å². The van der Waals surface area contributed by atoms with Crippen LogP contribution in [0.5, 0.6) is 0 Å². The van der Waals surface area contributed by atoms with E-state index in [4.69, 9.17) is 4.74 Å². The number of aliphatic hydroxyl groups is 1. The monoisotopic (exact) mass is 281 g/mol. The molecule has 3 unspecified atom stereocenters. The number of nitrogens with one attached hydrogen (secondary N) is 1. The fourth-order valence-electron chi connectivity index (χ4n) is 2.84. The lowest BCUT2D eigenvalue weighted by molar-refractivity contribution is -0.118. The smallest absolute Gasteiger partial charge is 0.102 e. The maximum Gasteiger partial charge on any atom is 0.102 e. The second-order valence-corrected chi connectivity index (χ2v) is 6.61. The van der Waals surface area contributed by atoms with Crippen LogP contribution in [0.15, 0.2) is 12.4 Å². The average Bonchev–Trinajstić information content (AvgIpc) is 2.80. The summed E-state index contributed by atoms with van der Waals surface area (Å²) in [4.78, 5) is 0. The number of nitrogens with zero attached hydrogens (tertiary/aromatic N) is 2. The van der Waals surface area contributed by atoms with Crippen LogP contribution < -0.4 is 5.32 Å². The van der Waals surface area contributed by atoms with Crippen LogP contribution in [0.1, 0.15) is 39.7 Å². The maximum absolute atomic E-state index is 10.6. The Morgan fingerprint density at radius 1 is 1.60 bits per heavy atom. The Morgan fingerprint density at radius 2 is 2.30 bits per heavy atom. The van der Waals surface area contributed by atoms with Gasteiger partial charge >= 0.3 is 0 Å². The van der Waals surface area contributed by atoms with Crippen LogP contribution in [0.4, 0.5) is 0 Å². The van der Waals surface area contributed by atoms with Gasteiger partial charge in [0.15, 0.2) is 0 Å². The molecule has 0 radical (unpaired) electrons. The van der Waals surface area contributed by atoms with Gasteiger partial charge in [-0.2, -0.15) is 5.10 Å². The highest BCUT2D eigenvalue weighted by atomic mass is 16.5. The van der Waals surface area contributed by atoms with Gasteiger partial charge in [0.1, 0.15) is 5.60 Å². The number of ether oxygens (including phenoxy) is 1. The van der Waals surface area contributed by atoms with Crippen LogP contribution in [0.3, 0.4) is 0 Å². The first-order chi connectivity index (χ1) is 9.27. The SMILES string of the molecule is CCOC1CC(NCC(C)(O)c2cnn(C)c2)C1(C)C. The zero-order valence-corrected chi connectivity index (χ0v) is 13.2. The van der Waals surface area contributed by atoms with Gasteiger partial charge in [0, 0.05) is 43.4 Å². The summed E-state index contributed by atoms with van der Waals surface area (Å²) in [7, 11) is 1.86. The first-order valence-electron chi connectivity index (χ1n) is 7.34. The first kappa shape index (κ1) is 15.5. The molecule has 20 heavy (non-hydrogen) atoms. The molecule has 114 valence electrons. The lowest BCUT2D eigenvalue weighted by atomic mass is 9.64. The highest BCUT2D eigenvalue weighted by Gasteiger charge is 2.49. The van der Waals surface area contributed by atoms with Gasteiger partial charge in [-0.1, -0.05) is 13.8 Å². The van der Waals surface area contributed by atoms with Crippen LogP contribution >= 0.6 is 0 Å². The molecule has 1 saturated carbocycles. The third-order valence-corrected chi connectivity index (χ3v) is 4.57. The Bertz CT molecular complexity index is 454. The van der Waals surface area contributed by atoms with Crippen molar-refractivity contribution < 1.29 is 9.84 Å². The molecule has 0 bridgehead atoms. The standard InChI is InChI=1S/C15H27N3O2/c1-6-20-13-7-12(14(13,2)3)16-10-15(4,19)11-8-17-18(5)9-11/h8-9,12-13,16,19H,6-7,10H2,1-5H3. The minimum atomic E-state index is -0.902. The first-order valence-corrected chi connectivity index (χ1v) is 7.34. The summed E-state index contributed by atoms with van der Waals surface area (Å²) in [5.41, 5.74) is 0.0493. The van der Waals surface area contributed by atoms with E-state index in [-0.39, 0.29) is 5.41 Å². The lowest BCUT2D eigenvalue weighted by Gasteiger charge is -2.52. The van der Waals surface area contributed by atoms with Crippen molar-refractivity contribution in [3.63, 3.8) is 0 Å². The largest absolute Gasteiger partial charge is 0.384 e. The Morgan fingerprint density at radius 3 is 2.80 bits per heavy atom. The molecule has 3 atom stereocenters. The van der Waals surface area contributed by atoms with E-state index in [0.29, 0.717) is 18.7 Å². The van der Waals surface area contributed by atoms with Gasteiger partial charge in [0.2, 0.25) is 0 Å². The molecule has 0 spiro atoms. The Balaban J connectivity index is 1.90. The van der Waals surface area contributed by atoms with Gasteiger partial charge in [-0.05, 0) is 20.3 Å². The quantitative estimate of drug-likeness (QED) is 0.828. The topological polar surface area (TPSA) is 59.3 Å². The van der Waals surface area contributed by atoms with Gasteiger partial charge < -0.3 is 15.2 Å². The number of hydrogen-bond donors (Lipinski definition) is 2. The van der Waals surface area contributed by atoms with E-state index < -0.39 is 5.60 Å². The van der Waals surface area contributed by atoms with Crippen molar-refractivity contribution >= 4 is 0 Å². The minimum Gasteiger partial charge on any atom is -0.384 e. The van der Waals surface area contributed by atoms with Gasteiger partial charge in [-0.3, -0.25) is 4.68 Å². The molecular weight excluding hydrogens is 254 g/mol. The van der Waals surface area contributed by atoms with Gasteiger partial charge in [0.25, 0.3) is 0 Å². The number of aryl methyl sites for hydroxylation is 1. The summed E-state index contributed by atoms with van der Waals surface area (Å²) in [6.45, 7) is 9.56. The van der Waals surface area contributed by atoms with Crippen LogP contribution in [-0.4, -0.2) is 40.2 Å². The Labute approximate surface area is 121 Å². The highest BCUT2D eigenvalue weighted by molar-refractivity contribution is 5.15. The van der Waals surface area contributed by atoms with Crippen molar-refractivity contribution in [2.45, 2.75) is 51.9 Å². The molecular formula is C15H27N3O2. The molecule has 1 aliphatic rings. The lowest BCUT2D eigenvalue weighted by Crippen LogP contribution is -2.62. The molecule has 5 heteroatoms. The van der Waals surface area contributed by atoms with E-state index in [2.05, 4.69) is 24.3 Å². The predicted octanol–water partition coefficient (Wildman–Crippen LogP) is 1.42. The van der Waals surface area contributed by atoms with Crippen molar-refractivity contribution in [1.29, 1.82) is 0 Å². The molecule has 1 fully saturated rings. The molecule has 1 aromatic rings. The van der Waals surface area contributed by atoms with Crippen LogP contribution in [0, 0.1) is 5.41 Å². The van der Waals surface area contributed by atoms with Gasteiger partial charge in [-0.25, -0.2) is 0 Å². The van der Waals surface area contributed by atoms with E-state index >= 15 is 0 Å². The average molecular weight is 281 g/mol. The van der Waals surface area contributed by atoms with Crippen molar-refractivity contribution in [2.24, 2.45) is 12.5 Å². The van der Waals surface area contributed by atoms with E-state index in [0.717, 1.165) is 18.6 Å². The van der Waals surface area contributed by atoms with Crippen molar-refractivity contribution in [3.05, 3.63) is 18.0 Å². The predicted molar refractivity (Wildman–Crippen MR) is 78.4 cm³/mol. The van der Waals surface area contributed by atoms with E-state index in [1.54, 1.807) is 10.9 Å². The van der Waals surface area contributed by atoms with Crippen molar-refractivity contribution in [2.75, 3.05) is 13.2 Å². The summed E-state index contributed by atoms with van der Waals surface area (Å²) < 4.78 is 7.44. The molecule has 1 heterocycles. The zero-order chi connectivity index (χ0) is 15.0. The third kappa shape index (κ3) is 2.90. The van der Waals surface area contributed by atoms with E-state index in [1.165, 1.54) is 0 Å². The molecule has 2 rings (SSSR count). The Hall–Kier alpha value is -0.910. The molecule has 2 N–H and O–H groups in total. The zero-order valence-electron chi connectivity index (χ0n) is 13.2. The van der Waals surface area contributed by atoms with Crippen LogP contribution in [0.2, 0.25) is 0 Å². The van der Waals surface area contributed by atoms with Crippen LogP contribution in [-0.2, 0) is 17.4 Å². The van der Waals surface area contributed by atoms with Crippen molar-refractivity contribution in [1.82, 2.24) is 15.1 Å². The van der Waals surface area contributed by atoms with Crippen molar-refractivity contribution in [3.8, 4) is 0 Å². The molecule has 0 amide bonds. The minimum absolute atomic E-state index is 0.112. The summed E-state index contributed by atoms with van der Waals surface area (Å²) in [5.74, 6) is 0. The second kappa shape index (κ2) is 5.47. The molecule has 1 aromatic heterocycles. The van der Waals surface area contributed by atoms with Gasteiger partial charge in [-0.15, -0.1) is 0 Å². The number of aromatic nitrogens is 2. The fraction of sp³-hybridized carbons (Fsp3) is 0.800.